The van der Waals surface area contributed by atoms with Crippen LogP contribution in [0.2, 0.25) is 0 Å². The minimum Gasteiger partial charge on any atom is -0.481 e. The van der Waals surface area contributed by atoms with Crippen LogP contribution in [0, 0.1) is 5.92 Å². The molecule has 1 aliphatic rings. The van der Waals surface area contributed by atoms with E-state index < -0.39 is 5.97 Å². The van der Waals surface area contributed by atoms with Crippen LogP contribution < -0.4 is 0 Å². The number of rotatable bonds is 5. The minimum atomic E-state index is -0.754. The Labute approximate surface area is 84.2 Å². The molecule has 0 aliphatic carbocycles. The highest BCUT2D eigenvalue weighted by Crippen LogP contribution is 2.28. The van der Waals surface area contributed by atoms with Gasteiger partial charge in [-0.3, -0.25) is 4.79 Å². The highest BCUT2D eigenvalue weighted by Gasteiger charge is 2.38. The average Bonchev–Trinajstić information content (AvgIpc) is 2.57. The van der Waals surface area contributed by atoms with Crippen molar-refractivity contribution in [2.75, 3.05) is 13.2 Å². The molecule has 4 heteroatoms. The van der Waals surface area contributed by atoms with Gasteiger partial charge in [0.2, 0.25) is 0 Å². The number of ether oxygens (including phenoxy) is 2. The van der Waals surface area contributed by atoms with Crippen molar-refractivity contribution in [3.63, 3.8) is 0 Å². The van der Waals surface area contributed by atoms with Gasteiger partial charge in [0, 0.05) is 6.61 Å². The van der Waals surface area contributed by atoms with Gasteiger partial charge in [-0.15, -0.1) is 0 Å². The quantitative estimate of drug-likeness (QED) is 0.730. The lowest BCUT2D eigenvalue weighted by atomic mass is 9.98. The zero-order valence-corrected chi connectivity index (χ0v) is 8.73. The Morgan fingerprint density at radius 3 is 2.71 bits per heavy atom. The zero-order chi connectivity index (χ0) is 10.6. The summed E-state index contributed by atoms with van der Waals surface area (Å²) in [6.07, 6.45) is 1.15. The van der Waals surface area contributed by atoms with E-state index in [-0.39, 0.29) is 18.1 Å². The molecule has 0 radical (unpaired) electrons. The van der Waals surface area contributed by atoms with Gasteiger partial charge in [0.15, 0.2) is 0 Å². The SMILES string of the molecule is CCOCC1CC(C(=O)O)C(CC)O1. The van der Waals surface area contributed by atoms with E-state index in [1.165, 1.54) is 0 Å². The van der Waals surface area contributed by atoms with Gasteiger partial charge in [-0.1, -0.05) is 6.92 Å². The van der Waals surface area contributed by atoms with E-state index in [1.807, 2.05) is 13.8 Å². The van der Waals surface area contributed by atoms with Gasteiger partial charge in [-0.05, 0) is 19.8 Å². The molecule has 0 spiro atoms. The Hall–Kier alpha value is -0.610. The number of carboxylic acid groups (broad SMARTS) is 1. The number of carboxylic acids is 1. The molecule has 0 aromatic heterocycles. The van der Waals surface area contributed by atoms with Crippen molar-refractivity contribution in [3.8, 4) is 0 Å². The summed E-state index contributed by atoms with van der Waals surface area (Å²) in [4.78, 5) is 10.9. The van der Waals surface area contributed by atoms with Crippen molar-refractivity contribution < 1.29 is 19.4 Å². The zero-order valence-electron chi connectivity index (χ0n) is 8.73. The van der Waals surface area contributed by atoms with Crippen molar-refractivity contribution in [1.82, 2.24) is 0 Å². The third kappa shape index (κ3) is 2.69. The second-order valence-corrected chi connectivity index (χ2v) is 3.54. The fourth-order valence-electron chi connectivity index (χ4n) is 1.83. The summed E-state index contributed by atoms with van der Waals surface area (Å²) in [5.74, 6) is -1.11. The summed E-state index contributed by atoms with van der Waals surface area (Å²) in [6.45, 7) is 5.02. The van der Waals surface area contributed by atoms with Gasteiger partial charge in [0.05, 0.1) is 24.7 Å². The summed E-state index contributed by atoms with van der Waals surface area (Å²) in [5, 5.41) is 8.94. The predicted octanol–water partition coefficient (Wildman–Crippen LogP) is 1.29. The van der Waals surface area contributed by atoms with Crippen molar-refractivity contribution in [2.45, 2.75) is 38.9 Å². The van der Waals surface area contributed by atoms with Crippen LogP contribution in [-0.2, 0) is 14.3 Å². The van der Waals surface area contributed by atoms with Crippen LogP contribution in [0.3, 0.4) is 0 Å². The Morgan fingerprint density at radius 2 is 2.29 bits per heavy atom. The molecule has 1 N–H and O–H groups in total. The topological polar surface area (TPSA) is 55.8 Å². The average molecular weight is 202 g/mol. The Balaban J connectivity index is 2.43. The number of hydrogen-bond acceptors (Lipinski definition) is 3. The fraction of sp³-hybridized carbons (Fsp3) is 0.900. The molecular weight excluding hydrogens is 184 g/mol. The van der Waals surface area contributed by atoms with Crippen LogP contribution in [-0.4, -0.2) is 36.5 Å². The minimum absolute atomic E-state index is 0.0407. The lowest BCUT2D eigenvalue weighted by Crippen LogP contribution is -2.22. The predicted molar refractivity (Wildman–Crippen MR) is 51.2 cm³/mol. The summed E-state index contributed by atoms with van der Waals surface area (Å²) in [6, 6.07) is 0. The lowest BCUT2D eigenvalue weighted by Gasteiger charge is -2.12. The maximum absolute atomic E-state index is 10.9. The van der Waals surface area contributed by atoms with Gasteiger partial charge in [-0.25, -0.2) is 0 Å². The molecule has 0 aromatic carbocycles. The van der Waals surface area contributed by atoms with Crippen molar-refractivity contribution >= 4 is 5.97 Å². The summed E-state index contributed by atoms with van der Waals surface area (Å²) >= 11 is 0. The second kappa shape index (κ2) is 5.32. The van der Waals surface area contributed by atoms with E-state index in [0.717, 1.165) is 6.42 Å². The van der Waals surface area contributed by atoms with Gasteiger partial charge in [-0.2, -0.15) is 0 Å². The van der Waals surface area contributed by atoms with E-state index >= 15 is 0 Å². The Kier molecular flexibility index (Phi) is 4.35. The number of carbonyl (C=O) groups is 1. The molecular formula is C10H18O4. The first kappa shape index (κ1) is 11.5. The standard InChI is InChI=1S/C10H18O4/c1-3-9-8(10(11)12)5-7(14-9)6-13-4-2/h7-9H,3-6H2,1-2H3,(H,11,12). The lowest BCUT2D eigenvalue weighted by molar-refractivity contribution is -0.143. The summed E-state index contributed by atoms with van der Waals surface area (Å²) in [7, 11) is 0. The Morgan fingerprint density at radius 1 is 1.57 bits per heavy atom. The molecule has 0 aromatic rings. The van der Waals surface area contributed by atoms with Crippen LogP contribution in [0.25, 0.3) is 0 Å². The molecule has 1 saturated heterocycles. The molecule has 82 valence electrons. The third-order valence-corrected chi connectivity index (χ3v) is 2.56. The first-order valence-corrected chi connectivity index (χ1v) is 5.15. The van der Waals surface area contributed by atoms with Crippen LogP contribution in [0.1, 0.15) is 26.7 Å². The van der Waals surface area contributed by atoms with E-state index in [2.05, 4.69) is 0 Å². The van der Waals surface area contributed by atoms with Gasteiger partial charge >= 0.3 is 5.97 Å². The summed E-state index contributed by atoms with van der Waals surface area (Å²) in [5.41, 5.74) is 0. The van der Waals surface area contributed by atoms with Gasteiger partial charge < -0.3 is 14.6 Å². The summed E-state index contributed by atoms with van der Waals surface area (Å²) < 4.78 is 10.8. The van der Waals surface area contributed by atoms with Crippen molar-refractivity contribution in [3.05, 3.63) is 0 Å². The molecule has 4 nitrogen and oxygen atoms in total. The number of aliphatic carboxylic acids is 1. The smallest absolute Gasteiger partial charge is 0.309 e. The van der Waals surface area contributed by atoms with Gasteiger partial charge in [0.25, 0.3) is 0 Å². The third-order valence-electron chi connectivity index (χ3n) is 2.56. The highest BCUT2D eigenvalue weighted by atomic mass is 16.5. The van der Waals surface area contributed by atoms with Crippen LogP contribution >= 0.6 is 0 Å². The molecule has 1 aliphatic heterocycles. The molecule has 1 fully saturated rings. The molecule has 0 bridgehead atoms. The molecule has 1 heterocycles. The van der Waals surface area contributed by atoms with Gasteiger partial charge in [0.1, 0.15) is 0 Å². The van der Waals surface area contributed by atoms with Crippen LogP contribution in [0.5, 0.6) is 0 Å². The van der Waals surface area contributed by atoms with Crippen molar-refractivity contribution in [1.29, 1.82) is 0 Å². The second-order valence-electron chi connectivity index (χ2n) is 3.54. The maximum Gasteiger partial charge on any atom is 0.309 e. The highest BCUT2D eigenvalue weighted by molar-refractivity contribution is 5.71. The molecule has 0 saturated carbocycles. The maximum atomic E-state index is 10.9. The molecule has 3 atom stereocenters. The monoisotopic (exact) mass is 202 g/mol. The molecule has 0 amide bonds. The van der Waals surface area contributed by atoms with E-state index in [9.17, 15) is 4.79 Å². The molecule has 3 unspecified atom stereocenters. The number of hydrogen-bond donors (Lipinski definition) is 1. The van der Waals surface area contributed by atoms with E-state index in [4.69, 9.17) is 14.6 Å². The Bertz CT molecular complexity index is 193. The van der Waals surface area contributed by atoms with E-state index in [1.54, 1.807) is 0 Å². The van der Waals surface area contributed by atoms with Crippen LogP contribution in [0.15, 0.2) is 0 Å². The normalized spacial score (nSPS) is 32.0. The van der Waals surface area contributed by atoms with E-state index in [0.29, 0.717) is 19.6 Å². The largest absolute Gasteiger partial charge is 0.481 e. The van der Waals surface area contributed by atoms with Crippen LogP contribution in [0.4, 0.5) is 0 Å². The first-order chi connectivity index (χ1) is 6.69. The fourth-order valence-corrected chi connectivity index (χ4v) is 1.83. The van der Waals surface area contributed by atoms with Crippen molar-refractivity contribution in [2.24, 2.45) is 5.92 Å². The molecule has 1 rings (SSSR count). The molecule has 14 heavy (non-hydrogen) atoms. The first-order valence-electron chi connectivity index (χ1n) is 5.15.